The summed E-state index contributed by atoms with van der Waals surface area (Å²) in [5, 5.41) is 11.3. The second-order valence-electron chi connectivity index (χ2n) is 9.94. The average molecular weight is 429 g/mol. The Kier molecular flexibility index (Phi) is 5.44. The first-order valence-electron chi connectivity index (χ1n) is 12.0. The maximum Gasteiger partial charge on any atom is 0.335 e. The molecule has 0 saturated heterocycles. The zero-order valence-electron chi connectivity index (χ0n) is 19.1. The molecule has 2 saturated carbocycles. The van der Waals surface area contributed by atoms with E-state index in [0.717, 1.165) is 40.3 Å². The van der Waals surface area contributed by atoms with Gasteiger partial charge in [-0.1, -0.05) is 50.5 Å². The van der Waals surface area contributed by atoms with Crippen molar-refractivity contribution in [2.24, 2.45) is 11.8 Å². The van der Waals surface area contributed by atoms with Crippen LogP contribution in [0.1, 0.15) is 67.8 Å². The van der Waals surface area contributed by atoms with E-state index in [9.17, 15) is 9.90 Å². The minimum Gasteiger partial charge on any atom is -0.496 e. The summed E-state index contributed by atoms with van der Waals surface area (Å²) in [5.74, 6) is 1.82. The second-order valence-corrected chi connectivity index (χ2v) is 9.94. The molecule has 2 unspecified atom stereocenters. The molecule has 0 heterocycles. The fourth-order valence-corrected chi connectivity index (χ4v) is 6.52. The van der Waals surface area contributed by atoms with Crippen molar-refractivity contribution in [1.29, 1.82) is 0 Å². The van der Waals surface area contributed by atoms with E-state index in [4.69, 9.17) is 4.74 Å². The van der Waals surface area contributed by atoms with E-state index in [1.165, 1.54) is 49.7 Å². The normalized spacial score (nSPS) is 24.9. The van der Waals surface area contributed by atoms with Crippen molar-refractivity contribution >= 4 is 16.7 Å². The van der Waals surface area contributed by atoms with Gasteiger partial charge in [-0.15, -0.1) is 0 Å². The first-order valence-corrected chi connectivity index (χ1v) is 12.0. The Hall–Kier alpha value is -2.81. The van der Waals surface area contributed by atoms with E-state index < -0.39 is 5.97 Å². The Morgan fingerprint density at radius 1 is 0.969 bits per heavy atom. The van der Waals surface area contributed by atoms with Gasteiger partial charge in [0.25, 0.3) is 0 Å². The van der Waals surface area contributed by atoms with Crippen LogP contribution >= 0.6 is 0 Å². The molecule has 0 aliphatic heterocycles. The maximum absolute atomic E-state index is 11.3. The highest BCUT2D eigenvalue weighted by Crippen LogP contribution is 2.54. The van der Waals surface area contributed by atoms with Crippen LogP contribution in [0.3, 0.4) is 0 Å². The van der Waals surface area contributed by atoms with Crippen molar-refractivity contribution in [2.45, 2.75) is 57.3 Å². The van der Waals surface area contributed by atoms with E-state index in [0.29, 0.717) is 5.56 Å². The zero-order valence-corrected chi connectivity index (χ0v) is 19.1. The smallest absolute Gasteiger partial charge is 0.335 e. The molecular weight excluding hydrogens is 396 g/mol. The van der Waals surface area contributed by atoms with Gasteiger partial charge in [-0.05, 0) is 95.2 Å². The van der Waals surface area contributed by atoms with Gasteiger partial charge >= 0.3 is 5.97 Å². The predicted molar refractivity (Wildman–Crippen MR) is 130 cm³/mol. The van der Waals surface area contributed by atoms with Gasteiger partial charge in [-0.25, -0.2) is 4.79 Å². The molecule has 3 aromatic carbocycles. The molecule has 0 amide bonds. The monoisotopic (exact) mass is 428 g/mol. The summed E-state index contributed by atoms with van der Waals surface area (Å²) in [6, 6.07) is 18.3. The third-order valence-corrected chi connectivity index (χ3v) is 8.12. The lowest BCUT2D eigenvalue weighted by molar-refractivity contribution is 0.0697. The minimum absolute atomic E-state index is 0.197. The van der Waals surface area contributed by atoms with Crippen LogP contribution in [0, 0.1) is 11.8 Å². The number of carbonyl (C=O) groups is 1. The standard InChI is InChI=1S/C29H32O3/c1-3-29(17-19-5-4-6-20(13-19)18-29)26-16-24(11-12-27(26)32-2)22-7-8-23-15-25(28(30)31)10-9-21(23)14-22/h7-12,14-16,19-20H,3-6,13,17-18H2,1-2H3,(H,30,31). The summed E-state index contributed by atoms with van der Waals surface area (Å²) >= 11 is 0. The van der Waals surface area contributed by atoms with Gasteiger partial charge in [0.05, 0.1) is 12.7 Å². The molecular formula is C29H32O3. The summed E-state index contributed by atoms with van der Waals surface area (Å²) < 4.78 is 5.89. The summed E-state index contributed by atoms with van der Waals surface area (Å²) in [6.07, 6.45) is 9.26. The van der Waals surface area contributed by atoms with Crippen molar-refractivity contribution in [3.05, 3.63) is 65.7 Å². The van der Waals surface area contributed by atoms with Gasteiger partial charge in [-0.3, -0.25) is 0 Å². The first-order chi connectivity index (χ1) is 15.5. The van der Waals surface area contributed by atoms with E-state index in [-0.39, 0.29) is 5.41 Å². The SMILES string of the molecule is CCC1(c2cc(-c3ccc4cc(C(=O)O)ccc4c3)ccc2OC)CC2CCCC(C2)C1. The Morgan fingerprint density at radius 2 is 1.62 bits per heavy atom. The van der Waals surface area contributed by atoms with Crippen LogP contribution in [-0.4, -0.2) is 18.2 Å². The van der Waals surface area contributed by atoms with Crippen LogP contribution in [0.5, 0.6) is 5.75 Å². The molecule has 3 nitrogen and oxygen atoms in total. The van der Waals surface area contributed by atoms with Gasteiger partial charge in [0, 0.05) is 5.56 Å². The van der Waals surface area contributed by atoms with Gasteiger partial charge in [0.15, 0.2) is 0 Å². The van der Waals surface area contributed by atoms with E-state index >= 15 is 0 Å². The van der Waals surface area contributed by atoms with Crippen molar-refractivity contribution in [3.63, 3.8) is 0 Å². The van der Waals surface area contributed by atoms with Crippen LogP contribution in [0.15, 0.2) is 54.6 Å². The van der Waals surface area contributed by atoms with Crippen molar-refractivity contribution in [3.8, 4) is 16.9 Å². The number of benzene rings is 3. The number of fused-ring (bicyclic) bond motifs is 3. The number of rotatable bonds is 5. The summed E-state index contributed by atoms with van der Waals surface area (Å²) in [6.45, 7) is 2.35. The third kappa shape index (κ3) is 3.68. The molecule has 0 aromatic heterocycles. The molecule has 3 aromatic rings. The number of ether oxygens (including phenoxy) is 1. The summed E-state index contributed by atoms with van der Waals surface area (Å²) in [5.41, 5.74) is 4.26. The lowest BCUT2D eigenvalue weighted by Crippen LogP contribution is -2.39. The average Bonchev–Trinajstić information content (AvgIpc) is 2.82. The molecule has 2 bridgehead atoms. The Balaban J connectivity index is 1.57. The van der Waals surface area contributed by atoms with E-state index in [1.54, 1.807) is 19.2 Å². The maximum atomic E-state index is 11.3. The minimum atomic E-state index is -0.891. The zero-order chi connectivity index (χ0) is 22.3. The van der Waals surface area contributed by atoms with Crippen molar-refractivity contribution in [1.82, 2.24) is 0 Å². The molecule has 2 aliphatic carbocycles. The number of hydrogen-bond acceptors (Lipinski definition) is 2. The molecule has 5 rings (SSSR count). The fourth-order valence-electron chi connectivity index (χ4n) is 6.52. The third-order valence-electron chi connectivity index (χ3n) is 8.12. The summed E-state index contributed by atoms with van der Waals surface area (Å²) in [7, 11) is 1.79. The molecule has 0 radical (unpaired) electrons. The van der Waals surface area contributed by atoms with Crippen LogP contribution < -0.4 is 4.74 Å². The Labute approximate surface area is 190 Å². The largest absolute Gasteiger partial charge is 0.496 e. The van der Waals surface area contributed by atoms with Crippen LogP contribution in [0.4, 0.5) is 0 Å². The Morgan fingerprint density at radius 3 is 2.31 bits per heavy atom. The van der Waals surface area contributed by atoms with Crippen molar-refractivity contribution < 1.29 is 14.6 Å². The highest BCUT2D eigenvalue weighted by atomic mass is 16.5. The fraction of sp³-hybridized carbons (Fsp3) is 0.414. The van der Waals surface area contributed by atoms with Gasteiger partial charge < -0.3 is 9.84 Å². The molecule has 0 spiro atoms. The van der Waals surface area contributed by atoms with Gasteiger partial charge in [0.2, 0.25) is 0 Å². The lowest BCUT2D eigenvalue weighted by Gasteiger charge is -2.48. The molecule has 1 N–H and O–H groups in total. The molecule has 3 heteroatoms. The molecule has 32 heavy (non-hydrogen) atoms. The van der Waals surface area contributed by atoms with Gasteiger partial charge in [0.1, 0.15) is 5.75 Å². The highest BCUT2D eigenvalue weighted by Gasteiger charge is 2.43. The topological polar surface area (TPSA) is 46.5 Å². The van der Waals surface area contributed by atoms with Crippen LogP contribution in [0.25, 0.3) is 21.9 Å². The molecule has 2 aliphatic rings. The Bertz CT molecular complexity index is 1150. The molecule has 2 fully saturated rings. The number of carboxylic acids is 1. The summed E-state index contributed by atoms with van der Waals surface area (Å²) in [4.78, 5) is 11.3. The molecule has 166 valence electrons. The number of methoxy groups -OCH3 is 1. The first kappa shape index (κ1) is 21.1. The number of hydrogen-bond donors (Lipinski definition) is 1. The predicted octanol–water partition coefficient (Wildman–Crippen LogP) is 7.46. The van der Waals surface area contributed by atoms with Crippen molar-refractivity contribution in [2.75, 3.05) is 7.11 Å². The molecule has 2 atom stereocenters. The van der Waals surface area contributed by atoms with E-state index in [1.807, 2.05) is 12.1 Å². The second kappa shape index (κ2) is 8.27. The van der Waals surface area contributed by atoms with E-state index in [2.05, 4.69) is 37.3 Å². The quantitative estimate of drug-likeness (QED) is 0.459. The van der Waals surface area contributed by atoms with Crippen LogP contribution in [0.2, 0.25) is 0 Å². The number of carboxylic acid groups (broad SMARTS) is 1. The van der Waals surface area contributed by atoms with Gasteiger partial charge in [-0.2, -0.15) is 0 Å². The number of aromatic carboxylic acids is 1. The lowest BCUT2D eigenvalue weighted by atomic mass is 9.57. The van der Waals surface area contributed by atoms with Crippen LogP contribution in [-0.2, 0) is 5.41 Å². The highest BCUT2D eigenvalue weighted by molar-refractivity contribution is 5.95.